The molecule has 1 aromatic carbocycles. The molecular formula is C16H18O. The molecule has 1 nitrogen and oxygen atoms in total. The summed E-state index contributed by atoms with van der Waals surface area (Å²) >= 11 is 0. The highest BCUT2D eigenvalue weighted by molar-refractivity contribution is 5.97. The number of carbonyl (C=O) groups is 1. The molecule has 2 atom stereocenters. The summed E-state index contributed by atoms with van der Waals surface area (Å²) in [7, 11) is 0. The van der Waals surface area contributed by atoms with E-state index in [9.17, 15) is 4.79 Å². The van der Waals surface area contributed by atoms with Gasteiger partial charge in [0.1, 0.15) is 5.78 Å². The highest BCUT2D eigenvalue weighted by atomic mass is 16.1. The first-order valence-electron chi connectivity index (χ1n) is 6.65. The van der Waals surface area contributed by atoms with Gasteiger partial charge in [0.15, 0.2) is 0 Å². The van der Waals surface area contributed by atoms with Crippen LogP contribution < -0.4 is 0 Å². The van der Waals surface area contributed by atoms with Gasteiger partial charge in [-0.1, -0.05) is 49.2 Å². The van der Waals surface area contributed by atoms with Gasteiger partial charge in [-0.3, -0.25) is 4.79 Å². The zero-order valence-corrected chi connectivity index (χ0v) is 10.1. The number of ketones is 1. The van der Waals surface area contributed by atoms with Crippen LogP contribution in [0.1, 0.15) is 37.7 Å². The van der Waals surface area contributed by atoms with E-state index >= 15 is 0 Å². The Kier molecular flexibility index (Phi) is 2.84. The molecule has 88 valence electrons. The molecule has 0 saturated heterocycles. The number of benzene rings is 1. The summed E-state index contributed by atoms with van der Waals surface area (Å²) in [6.07, 6.45) is 7.86. The first-order valence-corrected chi connectivity index (χ1v) is 6.65. The number of hydrogen-bond acceptors (Lipinski definition) is 1. The molecule has 17 heavy (non-hydrogen) atoms. The Morgan fingerprint density at radius 1 is 1.00 bits per heavy atom. The molecule has 2 aliphatic rings. The second kappa shape index (κ2) is 4.48. The predicted molar refractivity (Wildman–Crippen MR) is 69.5 cm³/mol. The normalized spacial score (nSPS) is 28.5. The van der Waals surface area contributed by atoms with Gasteiger partial charge < -0.3 is 0 Å². The minimum atomic E-state index is 0.179. The van der Waals surface area contributed by atoms with E-state index in [1.807, 2.05) is 6.07 Å². The maximum Gasteiger partial charge on any atom is 0.143 e. The van der Waals surface area contributed by atoms with Gasteiger partial charge in [-0.2, -0.15) is 0 Å². The number of hydrogen-bond donors (Lipinski definition) is 0. The van der Waals surface area contributed by atoms with Crippen LogP contribution in [0.4, 0.5) is 0 Å². The first-order chi connectivity index (χ1) is 8.36. The largest absolute Gasteiger partial charge is 0.299 e. The lowest BCUT2D eigenvalue weighted by molar-refractivity contribution is -0.125. The summed E-state index contributed by atoms with van der Waals surface area (Å²) < 4.78 is 0. The minimum absolute atomic E-state index is 0.179. The van der Waals surface area contributed by atoms with Crippen molar-refractivity contribution in [3.05, 3.63) is 42.0 Å². The highest BCUT2D eigenvalue weighted by Gasteiger charge is 2.34. The standard InChI is InChI=1S/C16H18O/c17-16-13-8-4-5-9-15(16)14(11-10-13)12-6-2-1-3-7-12/h1-3,6-7,11,13,15H,4-5,8-10H2. The molecule has 1 fully saturated rings. The van der Waals surface area contributed by atoms with Crippen LogP contribution in [0.5, 0.6) is 0 Å². The molecular weight excluding hydrogens is 208 g/mol. The molecule has 1 aromatic rings. The van der Waals surface area contributed by atoms with Gasteiger partial charge in [0.25, 0.3) is 0 Å². The summed E-state index contributed by atoms with van der Waals surface area (Å²) in [6, 6.07) is 10.4. The van der Waals surface area contributed by atoms with Crippen LogP contribution in [-0.2, 0) is 4.79 Å². The van der Waals surface area contributed by atoms with Crippen molar-refractivity contribution < 1.29 is 4.79 Å². The van der Waals surface area contributed by atoms with E-state index < -0.39 is 0 Å². The number of rotatable bonds is 1. The maximum absolute atomic E-state index is 12.4. The molecule has 0 aliphatic heterocycles. The lowest BCUT2D eigenvalue weighted by Crippen LogP contribution is -2.26. The Morgan fingerprint density at radius 2 is 1.76 bits per heavy atom. The number of carbonyl (C=O) groups excluding carboxylic acids is 1. The van der Waals surface area contributed by atoms with Crippen molar-refractivity contribution in [2.45, 2.75) is 32.1 Å². The predicted octanol–water partition coefficient (Wildman–Crippen LogP) is 3.85. The molecule has 2 bridgehead atoms. The lowest BCUT2D eigenvalue weighted by Gasteiger charge is -2.26. The Balaban J connectivity index is 1.98. The lowest BCUT2D eigenvalue weighted by atomic mass is 9.76. The third-order valence-electron chi connectivity index (χ3n) is 4.15. The molecule has 2 unspecified atom stereocenters. The number of allylic oxidation sites excluding steroid dienone is 2. The summed E-state index contributed by atoms with van der Waals surface area (Å²) in [6.45, 7) is 0. The highest BCUT2D eigenvalue weighted by Crippen LogP contribution is 2.40. The van der Waals surface area contributed by atoms with Crippen LogP contribution in [0.25, 0.3) is 5.57 Å². The topological polar surface area (TPSA) is 17.1 Å². The van der Waals surface area contributed by atoms with E-state index in [0.29, 0.717) is 11.7 Å². The fourth-order valence-corrected chi connectivity index (χ4v) is 3.21. The Hall–Kier alpha value is -1.37. The van der Waals surface area contributed by atoms with Crippen LogP contribution in [0, 0.1) is 11.8 Å². The van der Waals surface area contributed by atoms with Crippen molar-refractivity contribution in [2.24, 2.45) is 11.8 Å². The molecule has 3 rings (SSSR count). The van der Waals surface area contributed by atoms with Crippen LogP contribution in [-0.4, -0.2) is 5.78 Å². The van der Waals surface area contributed by atoms with E-state index in [-0.39, 0.29) is 5.92 Å². The van der Waals surface area contributed by atoms with E-state index in [4.69, 9.17) is 0 Å². The van der Waals surface area contributed by atoms with Crippen molar-refractivity contribution in [3.8, 4) is 0 Å². The molecule has 0 spiro atoms. The van der Waals surface area contributed by atoms with Gasteiger partial charge in [0, 0.05) is 11.8 Å². The van der Waals surface area contributed by atoms with Crippen LogP contribution in [0.2, 0.25) is 0 Å². The van der Waals surface area contributed by atoms with E-state index in [0.717, 1.165) is 19.3 Å². The maximum atomic E-state index is 12.4. The third kappa shape index (κ3) is 1.95. The SMILES string of the molecule is O=C1C2CC=C(c3ccccc3)C1CCCC2. The quantitative estimate of drug-likeness (QED) is 0.711. The summed E-state index contributed by atoms with van der Waals surface area (Å²) in [5.41, 5.74) is 2.53. The van der Waals surface area contributed by atoms with Crippen LogP contribution >= 0.6 is 0 Å². The van der Waals surface area contributed by atoms with Crippen molar-refractivity contribution in [1.29, 1.82) is 0 Å². The molecule has 1 saturated carbocycles. The molecule has 0 aromatic heterocycles. The van der Waals surface area contributed by atoms with E-state index in [1.165, 1.54) is 24.0 Å². The van der Waals surface area contributed by atoms with Crippen LogP contribution in [0.3, 0.4) is 0 Å². The third-order valence-corrected chi connectivity index (χ3v) is 4.15. The van der Waals surface area contributed by atoms with Gasteiger partial charge >= 0.3 is 0 Å². The zero-order valence-electron chi connectivity index (χ0n) is 10.1. The van der Waals surface area contributed by atoms with Crippen molar-refractivity contribution in [3.63, 3.8) is 0 Å². The molecule has 0 N–H and O–H groups in total. The van der Waals surface area contributed by atoms with E-state index in [2.05, 4.69) is 30.3 Å². The summed E-state index contributed by atoms with van der Waals surface area (Å²) in [5.74, 6) is 0.998. The zero-order chi connectivity index (χ0) is 11.7. The molecule has 0 radical (unpaired) electrons. The van der Waals surface area contributed by atoms with Gasteiger partial charge in [0.05, 0.1) is 0 Å². The van der Waals surface area contributed by atoms with Gasteiger partial charge in [-0.15, -0.1) is 0 Å². The molecule has 2 aliphatic carbocycles. The van der Waals surface area contributed by atoms with Gasteiger partial charge in [0.2, 0.25) is 0 Å². The van der Waals surface area contributed by atoms with Gasteiger partial charge in [-0.25, -0.2) is 0 Å². The smallest absolute Gasteiger partial charge is 0.143 e. The first kappa shape index (κ1) is 10.8. The van der Waals surface area contributed by atoms with Crippen LogP contribution in [0.15, 0.2) is 36.4 Å². The Morgan fingerprint density at radius 3 is 2.59 bits per heavy atom. The summed E-state index contributed by atoms with van der Waals surface area (Å²) in [4.78, 5) is 12.4. The second-order valence-corrected chi connectivity index (χ2v) is 5.20. The fourth-order valence-electron chi connectivity index (χ4n) is 3.21. The summed E-state index contributed by atoms with van der Waals surface area (Å²) in [5, 5.41) is 0. The molecule has 0 heterocycles. The average Bonchev–Trinajstić information content (AvgIpc) is 2.49. The second-order valence-electron chi connectivity index (χ2n) is 5.20. The molecule has 0 amide bonds. The monoisotopic (exact) mass is 226 g/mol. The number of Topliss-reactive ketones (excluding diaryl/α,β-unsaturated/α-hetero) is 1. The average molecular weight is 226 g/mol. The van der Waals surface area contributed by atoms with Crippen molar-refractivity contribution in [1.82, 2.24) is 0 Å². The number of fused-ring (bicyclic) bond motifs is 2. The van der Waals surface area contributed by atoms with Crippen molar-refractivity contribution in [2.75, 3.05) is 0 Å². The van der Waals surface area contributed by atoms with Crippen molar-refractivity contribution >= 4 is 11.4 Å². The Bertz CT molecular complexity index is 444. The van der Waals surface area contributed by atoms with E-state index in [1.54, 1.807) is 0 Å². The van der Waals surface area contributed by atoms with Gasteiger partial charge in [-0.05, 0) is 30.4 Å². The fraction of sp³-hybridized carbons (Fsp3) is 0.438. The minimum Gasteiger partial charge on any atom is -0.299 e. The Labute approximate surface area is 103 Å². The molecule has 1 heteroatoms.